The summed E-state index contributed by atoms with van der Waals surface area (Å²) in [6.07, 6.45) is 18.1. The lowest BCUT2D eigenvalue weighted by atomic mass is 9.59. The first-order valence-corrected chi connectivity index (χ1v) is 13.9. The van der Waals surface area contributed by atoms with Gasteiger partial charge in [-0.15, -0.1) is 0 Å². The minimum absolute atomic E-state index is 0.151. The Balaban J connectivity index is 1.34. The molecule has 0 saturated heterocycles. The molecule has 1 aromatic rings. The summed E-state index contributed by atoms with van der Waals surface area (Å²) in [4.78, 5) is 13.1. The SMILES string of the molecule is C/C=C/COc1ccc(OC(=O)C2CCCC3CC(C4CCC(CCC)CC4)CCC32)c(F)c1F. The van der Waals surface area contributed by atoms with Crippen LogP contribution < -0.4 is 9.47 Å². The van der Waals surface area contributed by atoms with Gasteiger partial charge >= 0.3 is 5.97 Å². The van der Waals surface area contributed by atoms with Gasteiger partial charge in [-0.25, -0.2) is 0 Å². The fourth-order valence-electron chi connectivity index (χ4n) is 7.20. The van der Waals surface area contributed by atoms with E-state index in [4.69, 9.17) is 9.47 Å². The molecule has 3 aliphatic rings. The molecule has 4 atom stereocenters. The number of allylic oxidation sites excluding steroid dienone is 1. The van der Waals surface area contributed by atoms with Gasteiger partial charge in [0, 0.05) is 0 Å². The highest BCUT2D eigenvalue weighted by Gasteiger charge is 2.43. The van der Waals surface area contributed by atoms with Gasteiger partial charge in [0.2, 0.25) is 11.6 Å². The molecule has 35 heavy (non-hydrogen) atoms. The molecular formula is C30H42F2O3. The number of fused-ring (bicyclic) bond motifs is 1. The minimum Gasteiger partial charge on any atom is -0.486 e. The first-order valence-electron chi connectivity index (χ1n) is 13.9. The molecule has 3 saturated carbocycles. The van der Waals surface area contributed by atoms with Crippen LogP contribution in [0.4, 0.5) is 8.78 Å². The molecule has 4 rings (SSSR count). The van der Waals surface area contributed by atoms with E-state index < -0.39 is 17.6 Å². The molecular weight excluding hydrogens is 446 g/mol. The van der Waals surface area contributed by atoms with Crippen molar-refractivity contribution in [3.8, 4) is 11.5 Å². The number of halogens is 2. The molecule has 5 heteroatoms. The summed E-state index contributed by atoms with van der Waals surface area (Å²) in [6.45, 7) is 4.26. The summed E-state index contributed by atoms with van der Waals surface area (Å²) in [6, 6.07) is 2.63. The van der Waals surface area contributed by atoms with Crippen LogP contribution in [-0.2, 0) is 4.79 Å². The second-order valence-corrected chi connectivity index (χ2v) is 11.1. The lowest BCUT2D eigenvalue weighted by Crippen LogP contribution is -2.40. The van der Waals surface area contributed by atoms with Gasteiger partial charge in [0.15, 0.2) is 11.5 Å². The van der Waals surface area contributed by atoms with Crippen LogP contribution in [0, 0.1) is 47.1 Å². The predicted molar refractivity (Wildman–Crippen MR) is 134 cm³/mol. The molecule has 0 spiro atoms. The molecule has 1 aromatic carbocycles. The van der Waals surface area contributed by atoms with E-state index in [9.17, 15) is 13.6 Å². The molecule has 0 bridgehead atoms. The van der Waals surface area contributed by atoms with Gasteiger partial charge in [0.25, 0.3) is 0 Å². The Labute approximate surface area is 209 Å². The highest BCUT2D eigenvalue weighted by atomic mass is 19.2. The predicted octanol–water partition coefficient (Wildman–Crippen LogP) is 8.26. The minimum atomic E-state index is -1.16. The van der Waals surface area contributed by atoms with Gasteiger partial charge in [-0.1, -0.05) is 57.6 Å². The quantitative estimate of drug-likeness (QED) is 0.210. The molecule has 0 N–H and O–H groups in total. The average molecular weight is 489 g/mol. The zero-order valence-electron chi connectivity index (χ0n) is 21.4. The fourth-order valence-corrected chi connectivity index (χ4v) is 7.20. The van der Waals surface area contributed by atoms with E-state index in [1.807, 2.05) is 6.92 Å². The van der Waals surface area contributed by atoms with Crippen LogP contribution in [0.25, 0.3) is 0 Å². The summed E-state index contributed by atoms with van der Waals surface area (Å²) < 4.78 is 39.7. The fraction of sp³-hybridized carbons (Fsp3) is 0.700. The topological polar surface area (TPSA) is 35.5 Å². The monoisotopic (exact) mass is 488 g/mol. The molecule has 0 aliphatic heterocycles. The summed E-state index contributed by atoms with van der Waals surface area (Å²) in [7, 11) is 0. The Morgan fingerprint density at radius 2 is 1.66 bits per heavy atom. The van der Waals surface area contributed by atoms with Crippen LogP contribution in [-0.4, -0.2) is 12.6 Å². The summed E-state index contributed by atoms with van der Waals surface area (Å²) >= 11 is 0. The number of carbonyl (C=O) groups excluding carboxylic acids is 1. The highest BCUT2D eigenvalue weighted by molar-refractivity contribution is 5.75. The van der Waals surface area contributed by atoms with Crippen molar-refractivity contribution in [3.63, 3.8) is 0 Å². The van der Waals surface area contributed by atoms with Gasteiger partial charge in [-0.05, 0) is 87.2 Å². The van der Waals surface area contributed by atoms with E-state index in [1.165, 1.54) is 69.9 Å². The largest absolute Gasteiger partial charge is 0.486 e. The standard InChI is InChI=1S/C30H42F2O3/c1-3-5-18-34-26-16-17-27(29(32)28(26)31)35-30(33)25-9-6-8-23-19-22(14-15-24(23)25)21-12-10-20(7-4-2)11-13-21/h3,5,16-17,20-25H,4,6-15,18-19H2,1-2H3/b5-3+. The maximum atomic E-state index is 14.6. The highest BCUT2D eigenvalue weighted by Crippen LogP contribution is 2.50. The van der Waals surface area contributed by atoms with Gasteiger partial charge in [-0.3, -0.25) is 4.79 Å². The molecule has 3 nitrogen and oxygen atoms in total. The van der Waals surface area contributed by atoms with Crippen molar-refractivity contribution in [2.24, 2.45) is 35.5 Å². The molecule has 0 radical (unpaired) electrons. The smallest absolute Gasteiger partial charge is 0.314 e. The van der Waals surface area contributed by atoms with E-state index in [1.54, 1.807) is 12.2 Å². The van der Waals surface area contributed by atoms with Gasteiger partial charge in [0.1, 0.15) is 6.61 Å². The average Bonchev–Trinajstić information content (AvgIpc) is 2.88. The van der Waals surface area contributed by atoms with Crippen LogP contribution in [0.3, 0.4) is 0 Å². The number of hydrogen-bond donors (Lipinski definition) is 0. The van der Waals surface area contributed by atoms with Crippen LogP contribution in [0.15, 0.2) is 24.3 Å². The number of ether oxygens (including phenoxy) is 2. The summed E-state index contributed by atoms with van der Waals surface area (Å²) in [5, 5.41) is 0. The maximum absolute atomic E-state index is 14.6. The van der Waals surface area contributed by atoms with Crippen molar-refractivity contribution in [2.45, 2.75) is 90.9 Å². The number of rotatable bonds is 8. The zero-order valence-corrected chi connectivity index (χ0v) is 21.4. The molecule has 3 fully saturated rings. The Kier molecular flexibility index (Phi) is 9.24. The molecule has 194 valence electrons. The van der Waals surface area contributed by atoms with Gasteiger partial charge < -0.3 is 9.47 Å². The van der Waals surface area contributed by atoms with Gasteiger partial charge in [0.05, 0.1) is 5.92 Å². The van der Waals surface area contributed by atoms with Crippen LogP contribution >= 0.6 is 0 Å². The van der Waals surface area contributed by atoms with Crippen LogP contribution in [0.1, 0.15) is 90.9 Å². The Bertz CT molecular complexity index is 875. The number of carbonyl (C=O) groups is 1. The second-order valence-electron chi connectivity index (χ2n) is 11.1. The lowest BCUT2D eigenvalue weighted by molar-refractivity contribution is -0.144. The Morgan fingerprint density at radius 3 is 2.40 bits per heavy atom. The van der Waals surface area contributed by atoms with Gasteiger partial charge in [-0.2, -0.15) is 8.78 Å². The van der Waals surface area contributed by atoms with E-state index in [0.717, 1.165) is 37.0 Å². The van der Waals surface area contributed by atoms with Crippen molar-refractivity contribution < 1.29 is 23.0 Å². The van der Waals surface area contributed by atoms with Crippen molar-refractivity contribution in [2.75, 3.05) is 6.61 Å². The zero-order chi connectivity index (χ0) is 24.8. The Hall–Kier alpha value is -1.91. The van der Waals surface area contributed by atoms with Crippen molar-refractivity contribution in [3.05, 3.63) is 35.9 Å². The molecule has 3 aliphatic carbocycles. The van der Waals surface area contributed by atoms with Crippen molar-refractivity contribution in [1.82, 2.24) is 0 Å². The Morgan fingerprint density at radius 1 is 0.943 bits per heavy atom. The normalized spacial score (nSPS) is 31.2. The molecule has 4 unspecified atom stereocenters. The second kappa shape index (κ2) is 12.4. The van der Waals surface area contributed by atoms with E-state index >= 15 is 0 Å². The lowest BCUT2D eigenvalue weighted by Gasteiger charge is -2.46. The third-order valence-electron chi connectivity index (χ3n) is 9.04. The van der Waals surface area contributed by atoms with Crippen LogP contribution in [0.2, 0.25) is 0 Å². The number of esters is 1. The number of hydrogen-bond acceptors (Lipinski definition) is 3. The van der Waals surface area contributed by atoms with E-state index in [2.05, 4.69) is 6.92 Å². The van der Waals surface area contributed by atoms with Crippen molar-refractivity contribution in [1.29, 1.82) is 0 Å². The summed E-state index contributed by atoms with van der Waals surface area (Å²) in [5.74, 6) is 0.00446. The third-order valence-corrected chi connectivity index (χ3v) is 9.04. The van der Waals surface area contributed by atoms with Crippen molar-refractivity contribution >= 4 is 5.97 Å². The molecule has 0 amide bonds. The number of benzene rings is 1. The van der Waals surface area contributed by atoms with E-state index in [-0.39, 0.29) is 24.0 Å². The summed E-state index contributed by atoms with van der Waals surface area (Å²) in [5.41, 5.74) is 0. The first kappa shape index (κ1) is 26.2. The third kappa shape index (κ3) is 6.27. The molecule has 0 heterocycles. The van der Waals surface area contributed by atoms with E-state index in [0.29, 0.717) is 11.8 Å². The first-order chi connectivity index (χ1) is 17.0. The van der Waals surface area contributed by atoms with Crippen LogP contribution in [0.5, 0.6) is 11.5 Å². The maximum Gasteiger partial charge on any atom is 0.314 e. The molecule has 0 aromatic heterocycles.